The molecule has 4 rings (SSSR count). The highest BCUT2D eigenvalue weighted by Crippen LogP contribution is 2.37. The summed E-state index contributed by atoms with van der Waals surface area (Å²) < 4.78 is 13.3. The number of aliphatic hydroxyl groups is 1. The van der Waals surface area contributed by atoms with Crippen molar-refractivity contribution in [3.63, 3.8) is 0 Å². The van der Waals surface area contributed by atoms with Gasteiger partial charge in [-0.1, -0.05) is 6.07 Å². The van der Waals surface area contributed by atoms with Gasteiger partial charge in [0.05, 0.1) is 28.9 Å². The van der Waals surface area contributed by atoms with E-state index in [4.69, 9.17) is 0 Å². The first-order chi connectivity index (χ1) is 13.1. The molecule has 3 N–H and O–H groups in total. The number of aromatic amines is 1. The summed E-state index contributed by atoms with van der Waals surface area (Å²) in [6, 6.07) is 9.79. The minimum Gasteiger partial charge on any atom is -0.393 e. The Hall–Kier alpha value is -2.80. The number of pyridine rings is 1. The van der Waals surface area contributed by atoms with Crippen LogP contribution in [-0.2, 0) is 11.2 Å². The van der Waals surface area contributed by atoms with Gasteiger partial charge in [0.2, 0.25) is 5.91 Å². The summed E-state index contributed by atoms with van der Waals surface area (Å²) >= 11 is 0. The van der Waals surface area contributed by atoms with E-state index in [0.29, 0.717) is 36.1 Å². The fraction of sp³-hybridized carbons (Fsp3) is 0.350. The number of hydrogen-bond donors (Lipinski definition) is 3. The molecule has 1 atom stereocenters. The lowest BCUT2D eigenvalue weighted by Gasteiger charge is -2.37. The van der Waals surface area contributed by atoms with Gasteiger partial charge in [-0.2, -0.15) is 0 Å². The first-order valence-electron chi connectivity index (χ1n) is 9.11. The number of carbonyl (C=O) groups is 1. The lowest BCUT2D eigenvalue weighted by Crippen LogP contribution is -2.41. The molecule has 1 amide bonds. The van der Waals surface area contributed by atoms with Gasteiger partial charge in [0, 0.05) is 19.0 Å². The quantitative estimate of drug-likeness (QED) is 0.624. The summed E-state index contributed by atoms with van der Waals surface area (Å²) in [6.07, 6.45) is 3.43. The second-order valence-electron chi connectivity index (χ2n) is 7.03. The van der Waals surface area contributed by atoms with Crippen LogP contribution in [0.3, 0.4) is 0 Å². The molecule has 2 aromatic heterocycles. The Morgan fingerprint density at radius 3 is 2.93 bits per heavy atom. The summed E-state index contributed by atoms with van der Waals surface area (Å²) in [4.78, 5) is 24.3. The van der Waals surface area contributed by atoms with Crippen LogP contribution in [0.5, 0.6) is 0 Å². The number of fused-ring (bicyclic) bond motifs is 1. The van der Waals surface area contributed by atoms with Crippen LogP contribution in [0.25, 0.3) is 11.0 Å². The number of rotatable bonds is 6. The predicted molar refractivity (Wildman–Crippen MR) is 98.2 cm³/mol. The van der Waals surface area contributed by atoms with E-state index in [-0.39, 0.29) is 36.2 Å². The molecule has 2 heterocycles. The van der Waals surface area contributed by atoms with Crippen LogP contribution in [-0.4, -0.2) is 32.1 Å². The minimum atomic E-state index is -0.323. The number of nitrogens with one attached hydrogen (secondary N) is 2. The number of halogens is 1. The molecule has 1 saturated carbocycles. The Kier molecular flexibility index (Phi) is 4.85. The number of hydrogen-bond acceptors (Lipinski definition) is 4. The molecule has 27 heavy (non-hydrogen) atoms. The molecule has 0 saturated heterocycles. The maximum absolute atomic E-state index is 13.3. The van der Waals surface area contributed by atoms with E-state index in [1.807, 2.05) is 18.2 Å². The molecule has 3 aromatic rings. The van der Waals surface area contributed by atoms with Gasteiger partial charge in [-0.3, -0.25) is 9.78 Å². The summed E-state index contributed by atoms with van der Waals surface area (Å²) in [6.45, 7) is 0. The molecule has 1 aliphatic rings. The van der Waals surface area contributed by atoms with Crippen LogP contribution in [0.4, 0.5) is 4.39 Å². The van der Waals surface area contributed by atoms with Gasteiger partial charge in [0.1, 0.15) is 11.6 Å². The third-order valence-electron chi connectivity index (χ3n) is 5.03. The smallest absolute Gasteiger partial charge is 0.220 e. The number of imidazole rings is 1. The van der Waals surface area contributed by atoms with Crippen LogP contribution >= 0.6 is 0 Å². The third kappa shape index (κ3) is 3.98. The summed E-state index contributed by atoms with van der Waals surface area (Å²) in [7, 11) is 0. The maximum atomic E-state index is 13.3. The van der Waals surface area contributed by atoms with Crippen molar-refractivity contribution in [3.05, 3.63) is 59.9 Å². The topological polar surface area (TPSA) is 90.9 Å². The van der Waals surface area contributed by atoms with Crippen molar-refractivity contribution in [2.24, 2.45) is 5.92 Å². The van der Waals surface area contributed by atoms with E-state index in [0.717, 1.165) is 5.69 Å². The van der Waals surface area contributed by atoms with Gasteiger partial charge >= 0.3 is 0 Å². The van der Waals surface area contributed by atoms with Crippen molar-refractivity contribution in [3.8, 4) is 0 Å². The summed E-state index contributed by atoms with van der Waals surface area (Å²) in [5, 5.41) is 12.7. The largest absolute Gasteiger partial charge is 0.393 e. The first kappa shape index (κ1) is 17.6. The second kappa shape index (κ2) is 7.44. The molecular formula is C20H21FN4O2. The van der Waals surface area contributed by atoms with Gasteiger partial charge in [0.25, 0.3) is 0 Å². The number of benzene rings is 1. The van der Waals surface area contributed by atoms with Gasteiger partial charge in [-0.05, 0) is 49.1 Å². The standard InChI is InChI=1S/C20H21FN4O2/c21-13-4-5-15-17(11-13)24-18(23-15)6-7-19(27)25-20(12-9-14(26)10-12)16-3-1-2-8-22-16/h1-5,8,11-12,14,20,26H,6-7,9-10H2,(H,23,24)(H,25,27). The van der Waals surface area contributed by atoms with Crippen LogP contribution < -0.4 is 5.32 Å². The molecule has 140 valence electrons. The Bertz CT molecular complexity index is 938. The first-order valence-corrected chi connectivity index (χ1v) is 9.11. The SMILES string of the molecule is O=C(CCc1nc2ccc(F)cc2[nH]1)NC(c1ccccn1)C1CC(O)C1. The highest BCUT2D eigenvalue weighted by Gasteiger charge is 2.36. The highest BCUT2D eigenvalue weighted by atomic mass is 19.1. The van der Waals surface area contributed by atoms with Gasteiger partial charge in [0.15, 0.2) is 0 Å². The molecule has 0 radical (unpaired) electrons. The Morgan fingerprint density at radius 2 is 2.19 bits per heavy atom. The predicted octanol–water partition coefficient (Wildman–Crippen LogP) is 2.66. The number of aryl methyl sites for hydroxylation is 1. The van der Waals surface area contributed by atoms with Gasteiger partial charge in [-0.25, -0.2) is 9.37 Å². The zero-order valence-corrected chi connectivity index (χ0v) is 14.7. The molecule has 7 heteroatoms. The van der Waals surface area contributed by atoms with Crippen LogP contribution in [0.1, 0.15) is 36.8 Å². The molecule has 0 bridgehead atoms. The van der Waals surface area contributed by atoms with Crippen molar-refractivity contribution in [2.45, 2.75) is 37.8 Å². The van der Waals surface area contributed by atoms with Gasteiger partial charge in [-0.15, -0.1) is 0 Å². The average molecular weight is 368 g/mol. The number of nitrogens with zero attached hydrogens (tertiary/aromatic N) is 2. The van der Waals surface area contributed by atoms with E-state index >= 15 is 0 Å². The maximum Gasteiger partial charge on any atom is 0.220 e. The van der Waals surface area contributed by atoms with Crippen molar-refractivity contribution >= 4 is 16.9 Å². The van der Waals surface area contributed by atoms with E-state index < -0.39 is 0 Å². The van der Waals surface area contributed by atoms with E-state index in [2.05, 4.69) is 20.3 Å². The number of H-pyrrole nitrogens is 1. The Labute approximate surface area is 155 Å². The molecule has 1 fully saturated rings. The zero-order valence-electron chi connectivity index (χ0n) is 14.7. The molecule has 0 aliphatic heterocycles. The van der Waals surface area contributed by atoms with Crippen LogP contribution in [0.15, 0.2) is 42.6 Å². The highest BCUT2D eigenvalue weighted by molar-refractivity contribution is 5.77. The minimum absolute atomic E-state index is 0.0984. The lowest BCUT2D eigenvalue weighted by atomic mass is 9.76. The number of amides is 1. The Balaban J connectivity index is 1.40. The molecule has 1 unspecified atom stereocenters. The van der Waals surface area contributed by atoms with Crippen molar-refractivity contribution in [2.75, 3.05) is 0 Å². The summed E-state index contributed by atoms with van der Waals surface area (Å²) in [5.41, 5.74) is 2.11. The van der Waals surface area contributed by atoms with Crippen LogP contribution in [0.2, 0.25) is 0 Å². The zero-order chi connectivity index (χ0) is 18.8. The normalized spacial score (nSPS) is 20.2. The van der Waals surface area contributed by atoms with Crippen molar-refractivity contribution < 1.29 is 14.3 Å². The van der Waals surface area contributed by atoms with Crippen molar-refractivity contribution in [1.29, 1.82) is 0 Å². The molecule has 6 nitrogen and oxygen atoms in total. The average Bonchev–Trinajstić information content (AvgIpc) is 3.05. The molecule has 1 aliphatic carbocycles. The van der Waals surface area contributed by atoms with E-state index in [1.54, 1.807) is 12.3 Å². The molecule has 1 aromatic carbocycles. The number of aliphatic hydroxyl groups excluding tert-OH is 1. The fourth-order valence-corrected chi connectivity index (χ4v) is 3.53. The molecular weight excluding hydrogens is 347 g/mol. The van der Waals surface area contributed by atoms with Gasteiger partial charge < -0.3 is 15.4 Å². The van der Waals surface area contributed by atoms with E-state index in [9.17, 15) is 14.3 Å². The van der Waals surface area contributed by atoms with Crippen LogP contribution in [0, 0.1) is 11.7 Å². The Morgan fingerprint density at radius 1 is 1.33 bits per heavy atom. The third-order valence-corrected chi connectivity index (χ3v) is 5.03. The summed E-state index contributed by atoms with van der Waals surface area (Å²) in [5.74, 6) is 0.419. The number of aromatic nitrogens is 3. The second-order valence-corrected chi connectivity index (χ2v) is 7.03. The fourth-order valence-electron chi connectivity index (χ4n) is 3.53. The molecule has 0 spiro atoms. The lowest BCUT2D eigenvalue weighted by molar-refractivity contribution is -0.123. The van der Waals surface area contributed by atoms with E-state index in [1.165, 1.54) is 12.1 Å². The van der Waals surface area contributed by atoms with Crippen molar-refractivity contribution in [1.82, 2.24) is 20.3 Å². The monoisotopic (exact) mass is 368 g/mol. The number of carbonyl (C=O) groups excluding carboxylic acids is 1.